The third-order valence-corrected chi connectivity index (χ3v) is 5.00. The first-order valence-electron chi connectivity index (χ1n) is 10.5. The van der Waals surface area contributed by atoms with Crippen LogP contribution in [0.15, 0.2) is 65.8 Å². The van der Waals surface area contributed by atoms with Gasteiger partial charge in [0.05, 0.1) is 30.6 Å². The van der Waals surface area contributed by atoms with E-state index in [1.807, 2.05) is 6.92 Å². The van der Waals surface area contributed by atoms with Gasteiger partial charge in [0.1, 0.15) is 18.2 Å². The summed E-state index contributed by atoms with van der Waals surface area (Å²) >= 11 is 6.03. The van der Waals surface area contributed by atoms with E-state index in [-0.39, 0.29) is 17.2 Å². The third kappa shape index (κ3) is 6.94. The minimum atomic E-state index is -0.957. The highest BCUT2D eigenvalue weighted by Gasteiger charge is 2.15. The van der Waals surface area contributed by atoms with Crippen LogP contribution in [0.4, 0.5) is 10.1 Å². The highest BCUT2D eigenvalue weighted by Crippen LogP contribution is 2.30. The molecular weight excluding hydrogens is 477 g/mol. The van der Waals surface area contributed by atoms with E-state index in [9.17, 15) is 14.0 Å². The number of nitrogens with zero attached hydrogens (tertiary/aromatic N) is 1. The van der Waals surface area contributed by atoms with E-state index in [0.717, 1.165) is 0 Å². The molecule has 0 radical (unpaired) electrons. The fraction of sp³-hybridized carbons (Fsp3) is 0.160. The van der Waals surface area contributed by atoms with Crippen LogP contribution in [-0.2, 0) is 16.2 Å². The van der Waals surface area contributed by atoms with Gasteiger partial charge in [-0.05, 0) is 55.0 Å². The lowest BCUT2D eigenvalue weighted by Crippen LogP contribution is -2.32. The summed E-state index contributed by atoms with van der Waals surface area (Å²) in [7, 11) is 1.45. The number of anilines is 1. The number of carbonyl (C=O) groups excluding carboxylic acids is 2. The molecule has 182 valence electrons. The van der Waals surface area contributed by atoms with Crippen LogP contribution in [0.1, 0.15) is 18.1 Å². The molecule has 8 nitrogen and oxygen atoms in total. The molecular formula is C25H23ClFN3O5. The summed E-state index contributed by atoms with van der Waals surface area (Å²) in [5.41, 5.74) is 3.32. The van der Waals surface area contributed by atoms with E-state index < -0.39 is 17.6 Å². The SMILES string of the molecule is CCOc1ccccc1NC(=O)C(=O)N/N=C/c1ccc(OCc2c(F)cccc2Cl)c(OC)c1. The zero-order valence-corrected chi connectivity index (χ0v) is 19.8. The molecule has 0 aliphatic rings. The molecule has 0 saturated carbocycles. The van der Waals surface area contributed by atoms with Crippen molar-refractivity contribution in [3.05, 3.63) is 82.6 Å². The minimum absolute atomic E-state index is 0.0904. The zero-order chi connectivity index (χ0) is 25.2. The number of halogens is 2. The molecule has 0 aromatic heterocycles. The molecule has 35 heavy (non-hydrogen) atoms. The number of hydrazone groups is 1. The van der Waals surface area contributed by atoms with Crippen LogP contribution in [0.2, 0.25) is 5.02 Å². The van der Waals surface area contributed by atoms with Crippen molar-refractivity contribution in [2.45, 2.75) is 13.5 Å². The van der Waals surface area contributed by atoms with Gasteiger partial charge < -0.3 is 19.5 Å². The lowest BCUT2D eigenvalue weighted by Gasteiger charge is -2.12. The Bertz CT molecular complexity index is 1220. The molecule has 3 rings (SSSR count). The number of carbonyl (C=O) groups is 2. The Morgan fingerprint density at radius 1 is 1.00 bits per heavy atom. The maximum Gasteiger partial charge on any atom is 0.329 e. The number of hydrogen-bond acceptors (Lipinski definition) is 6. The Hall–Kier alpha value is -4.11. The molecule has 0 aliphatic carbocycles. The van der Waals surface area contributed by atoms with Crippen molar-refractivity contribution in [3.8, 4) is 17.2 Å². The van der Waals surface area contributed by atoms with Crippen molar-refractivity contribution in [1.29, 1.82) is 0 Å². The largest absolute Gasteiger partial charge is 0.493 e. The molecule has 0 spiro atoms. The predicted molar refractivity (Wildman–Crippen MR) is 131 cm³/mol. The molecule has 3 aromatic carbocycles. The minimum Gasteiger partial charge on any atom is -0.493 e. The lowest BCUT2D eigenvalue weighted by atomic mass is 10.2. The van der Waals surface area contributed by atoms with Gasteiger partial charge in [0.15, 0.2) is 11.5 Å². The van der Waals surface area contributed by atoms with Crippen molar-refractivity contribution in [2.75, 3.05) is 19.0 Å². The van der Waals surface area contributed by atoms with Crippen LogP contribution in [-0.4, -0.2) is 31.7 Å². The predicted octanol–water partition coefficient (Wildman–Crippen LogP) is 4.55. The van der Waals surface area contributed by atoms with Gasteiger partial charge >= 0.3 is 11.8 Å². The van der Waals surface area contributed by atoms with Crippen LogP contribution in [0.3, 0.4) is 0 Å². The van der Waals surface area contributed by atoms with Crippen molar-refractivity contribution in [1.82, 2.24) is 5.43 Å². The molecule has 0 saturated heterocycles. The topological polar surface area (TPSA) is 98.2 Å². The molecule has 0 fully saturated rings. The Balaban J connectivity index is 1.60. The highest BCUT2D eigenvalue weighted by molar-refractivity contribution is 6.39. The molecule has 0 aliphatic heterocycles. The standard InChI is InChI=1S/C25H23ClFN3O5/c1-3-34-21-10-5-4-9-20(21)29-24(31)25(32)30-28-14-16-11-12-22(23(13-16)33-2)35-15-17-18(26)7-6-8-19(17)27/h4-14H,3,15H2,1-2H3,(H,29,31)(H,30,32)/b28-14+. The first kappa shape index (κ1) is 25.5. The second-order valence-corrected chi connectivity index (χ2v) is 7.39. The average Bonchev–Trinajstić information content (AvgIpc) is 2.85. The molecule has 0 unspecified atom stereocenters. The van der Waals surface area contributed by atoms with Crippen LogP contribution in [0, 0.1) is 5.82 Å². The molecule has 2 N–H and O–H groups in total. The molecule has 0 bridgehead atoms. The summed E-state index contributed by atoms with van der Waals surface area (Å²) in [6, 6.07) is 16.0. The first-order valence-corrected chi connectivity index (χ1v) is 10.9. The van der Waals surface area contributed by atoms with Crippen molar-refractivity contribution in [3.63, 3.8) is 0 Å². The van der Waals surface area contributed by atoms with Gasteiger partial charge in [0.2, 0.25) is 0 Å². The van der Waals surface area contributed by atoms with Crippen LogP contribution < -0.4 is 25.0 Å². The summed E-state index contributed by atoms with van der Waals surface area (Å²) in [6.45, 7) is 2.13. The molecule has 2 amide bonds. The highest BCUT2D eigenvalue weighted by atomic mass is 35.5. The van der Waals surface area contributed by atoms with Gasteiger partial charge in [-0.25, -0.2) is 9.82 Å². The Morgan fingerprint density at radius 2 is 1.80 bits per heavy atom. The first-order chi connectivity index (χ1) is 16.9. The lowest BCUT2D eigenvalue weighted by molar-refractivity contribution is -0.136. The number of amides is 2. The maximum absolute atomic E-state index is 14.0. The van der Waals surface area contributed by atoms with E-state index in [0.29, 0.717) is 35.1 Å². The molecule has 3 aromatic rings. The van der Waals surface area contributed by atoms with Gasteiger partial charge in [-0.3, -0.25) is 9.59 Å². The van der Waals surface area contributed by atoms with Gasteiger partial charge in [-0.2, -0.15) is 5.10 Å². The number of benzene rings is 3. The fourth-order valence-corrected chi connectivity index (χ4v) is 3.17. The third-order valence-electron chi connectivity index (χ3n) is 4.64. The van der Waals surface area contributed by atoms with Gasteiger partial charge in [-0.15, -0.1) is 0 Å². The summed E-state index contributed by atoms with van der Waals surface area (Å²) in [5, 5.41) is 6.55. The number of methoxy groups -OCH3 is 1. The Morgan fingerprint density at radius 3 is 2.54 bits per heavy atom. The maximum atomic E-state index is 14.0. The zero-order valence-electron chi connectivity index (χ0n) is 19.0. The molecule has 0 heterocycles. The average molecular weight is 500 g/mol. The number of rotatable bonds is 9. The van der Waals surface area contributed by atoms with Gasteiger partial charge in [-0.1, -0.05) is 29.8 Å². The Kier molecular flexibility index (Phi) is 9.02. The molecule has 0 atom stereocenters. The quantitative estimate of drug-likeness (QED) is 0.255. The van der Waals surface area contributed by atoms with Crippen molar-refractivity contribution >= 4 is 35.3 Å². The van der Waals surface area contributed by atoms with Crippen molar-refractivity contribution < 1.29 is 28.2 Å². The van der Waals surface area contributed by atoms with Crippen LogP contribution >= 0.6 is 11.6 Å². The molecule has 10 heteroatoms. The normalized spacial score (nSPS) is 10.6. The van der Waals surface area contributed by atoms with Crippen LogP contribution in [0.5, 0.6) is 17.2 Å². The van der Waals surface area contributed by atoms with E-state index in [1.54, 1.807) is 48.5 Å². The smallest absolute Gasteiger partial charge is 0.329 e. The summed E-state index contributed by atoms with van der Waals surface area (Å²) in [5.74, 6) is -1.16. The second-order valence-electron chi connectivity index (χ2n) is 6.98. The fourth-order valence-electron chi connectivity index (χ4n) is 2.95. The Labute approximate surface area is 206 Å². The van der Waals surface area contributed by atoms with Gasteiger partial charge in [0, 0.05) is 5.56 Å². The van der Waals surface area contributed by atoms with Crippen molar-refractivity contribution in [2.24, 2.45) is 5.10 Å². The van der Waals surface area contributed by atoms with E-state index in [2.05, 4.69) is 15.8 Å². The summed E-state index contributed by atoms with van der Waals surface area (Å²) in [4.78, 5) is 24.3. The van der Waals surface area contributed by atoms with E-state index >= 15 is 0 Å². The van der Waals surface area contributed by atoms with E-state index in [1.165, 1.54) is 25.5 Å². The summed E-state index contributed by atoms with van der Waals surface area (Å²) in [6.07, 6.45) is 1.33. The van der Waals surface area contributed by atoms with E-state index in [4.69, 9.17) is 25.8 Å². The summed E-state index contributed by atoms with van der Waals surface area (Å²) < 4.78 is 30.4. The number of hydrogen-bond donors (Lipinski definition) is 2. The number of ether oxygens (including phenoxy) is 3. The van der Waals surface area contributed by atoms with Crippen LogP contribution in [0.25, 0.3) is 0 Å². The monoisotopic (exact) mass is 499 g/mol. The van der Waals surface area contributed by atoms with Gasteiger partial charge in [0.25, 0.3) is 0 Å². The number of para-hydroxylation sites is 2. The number of nitrogens with one attached hydrogen (secondary N) is 2. The second kappa shape index (κ2) is 12.4.